The molecule has 0 unspecified atom stereocenters. The number of ether oxygens (including phenoxy) is 1. The molecule has 20 heavy (non-hydrogen) atoms. The second-order valence-electron chi connectivity index (χ2n) is 3.90. The summed E-state index contributed by atoms with van der Waals surface area (Å²) in [5, 5.41) is 11.8. The first-order chi connectivity index (χ1) is 9.55. The van der Waals surface area contributed by atoms with E-state index in [1.54, 1.807) is 18.2 Å². The largest absolute Gasteiger partial charge is 0.497 e. The Morgan fingerprint density at radius 2 is 1.85 bits per heavy atom. The van der Waals surface area contributed by atoms with E-state index < -0.39 is 5.82 Å². The van der Waals surface area contributed by atoms with Crippen LogP contribution in [0.4, 0.5) is 15.8 Å². The number of nitriles is 1. The molecule has 2 aromatic carbocycles. The molecule has 0 aliphatic rings. The molecular formula is C14H9Cl2FN2O. The van der Waals surface area contributed by atoms with Crippen LogP contribution in [-0.4, -0.2) is 7.11 Å². The maximum Gasteiger partial charge on any atom is 0.160 e. The summed E-state index contributed by atoms with van der Waals surface area (Å²) in [6.45, 7) is 0. The second kappa shape index (κ2) is 6.00. The van der Waals surface area contributed by atoms with E-state index in [4.69, 9.17) is 33.2 Å². The van der Waals surface area contributed by atoms with Crippen LogP contribution in [0.1, 0.15) is 5.56 Å². The van der Waals surface area contributed by atoms with Gasteiger partial charge in [-0.2, -0.15) is 5.26 Å². The molecule has 6 heteroatoms. The number of halogens is 3. The van der Waals surface area contributed by atoms with Gasteiger partial charge < -0.3 is 10.1 Å². The Bertz CT molecular complexity index is 675. The second-order valence-corrected chi connectivity index (χ2v) is 4.72. The average molecular weight is 311 g/mol. The minimum Gasteiger partial charge on any atom is -0.497 e. The molecule has 3 nitrogen and oxygen atoms in total. The lowest BCUT2D eigenvalue weighted by atomic mass is 10.1. The van der Waals surface area contributed by atoms with Crippen LogP contribution in [0.25, 0.3) is 0 Å². The van der Waals surface area contributed by atoms with Crippen molar-refractivity contribution in [3.63, 3.8) is 0 Å². The van der Waals surface area contributed by atoms with Crippen molar-refractivity contribution in [1.29, 1.82) is 5.26 Å². The van der Waals surface area contributed by atoms with Gasteiger partial charge in [0.05, 0.1) is 28.4 Å². The van der Waals surface area contributed by atoms with E-state index in [9.17, 15) is 4.39 Å². The fraction of sp³-hybridized carbons (Fsp3) is 0.0714. The van der Waals surface area contributed by atoms with Crippen molar-refractivity contribution in [3.05, 3.63) is 51.8 Å². The van der Waals surface area contributed by atoms with Crippen LogP contribution in [0, 0.1) is 17.1 Å². The van der Waals surface area contributed by atoms with E-state index in [1.165, 1.54) is 19.2 Å². The zero-order valence-electron chi connectivity index (χ0n) is 10.4. The number of nitrogens with zero attached hydrogens (tertiary/aromatic N) is 1. The molecule has 102 valence electrons. The first kappa shape index (κ1) is 14.4. The van der Waals surface area contributed by atoms with E-state index in [0.29, 0.717) is 22.7 Å². The first-order valence-electron chi connectivity index (χ1n) is 5.55. The minimum absolute atomic E-state index is 0.0959. The number of anilines is 2. The molecule has 0 heterocycles. The Balaban J connectivity index is 2.41. The quantitative estimate of drug-likeness (QED) is 0.832. The van der Waals surface area contributed by atoms with E-state index in [2.05, 4.69) is 5.32 Å². The van der Waals surface area contributed by atoms with Gasteiger partial charge in [0, 0.05) is 11.8 Å². The van der Waals surface area contributed by atoms with Crippen LogP contribution < -0.4 is 10.1 Å². The minimum atomic E-state index is -0.676. The van der Waals surface area contributed by atoms with Gasteiger partial charge in [-0.05, 0) is 24.3 Å². The van der Waals surface area contributed by atoms with Gasteiger partial charge >= 0.3 is 0 Å². The number of rotatable bonds is 3. The topological polar surface area (TPSA) is 45.0 Å². The molecule has 0 saturated heterocycles. The SMILES string of the molecule is COc1ccc(C#N)c(Nc2cc(Cl)c(F)c(Cl)c2)c1. The highest BCUT2D eigenvalue weighted by Gasteiger charge is 2.10. The Kier molecular flexibility index (Phi) is 4.33. The molecule has 0 atom stereocenters. The van der Waals surface area contributed by atoms with Crippen LogP contribution in [0.2, 0.25) is 10.0 Å². The molecule has 0 aliphatic heterocycles. The third-order valence-electron chi connectivity index (χ3n) is 2.61. The number of benzene rings is 2. The summed E-state index contributed by atoms with van der Waals surface area (Å²) < 4.78 is 18.4. The molecule has 0 amide bonds. The standard InChI is InChI=1S/C14H9Cl2FN2O/c1-20-10-3-2-8(7-18)13(6-10)19-9-4-11(15)14(17)12(16)5-9/h2-6,19H,1H3. The molecular weight excluding hydrogens is 302 g/mol. The third kappa shape index (κ3) is 2.96. The van der Waals surface area contributed by atoms with E-state index in [0.717, 1.165) is 0 Å². The maximum absolute atomic E-state index is 13.3. The summed E-state index contributed by atoms with van der Waals surface area (Å²) in [4.78, 5) is 0. The molecule has 0 fully saturated rings. The number of hydrogen-bond acceptors (Lipinski definition) is 3. The molecule has 0 radical (unpaired) electrons. The van der Waals surface area contributed by atoms with Gasteiger partial charge in [0.15, 0.2) is 5.82 Å². The number of hydrogen-bond donors (Lipinski definition) is 1. The van der Waals surface area contributed by atoms with Crippen LogP contribution >= 0.6 is 23.2 Å². The summed E-state index contributed by atoms with van der Waals surface area (Å²) >= 11 is 11.5. The van der Waals surface area contributed by atoms with E-state index in [1.807, 2.05) is 6.07 Å². The lowest BCUT2D eigenvalue weighted by Crippen LogP contribution is -1.96. The average Bonchev–Trinajstić information content (AvgIpc) is 2.44. The number of methoxy groups -OCH3 is 1. The molecule has 0 aromatic heterocycles. The van der Waals surface area contributed by atoms with Gasteiger partial charge in [-0.25, -0.2) is 4.39 Å². The third-order valence-corrected chi connectivity index (χ3v) is 3.16. The van der Waals surface area contributed by atoms with Crippen molar-refractivity contribution in [2.45, 2.75) is 0 Å². The first-order valence-corrected chi connectivity index (χ1v) is 6.30. The zero-order valence-corrected chi connectivity index (χ0v) is 11.9. The van der Waals surface area contributed by atoms with Crippen molar-refractivity contribution in [2.24, 2.45) is 0 Å². The molecule has 1 N–H and O–H groups in total. The van der Waals surface area contributed by atoms with E-state index in [-0.39, 0.29) is 10.0 Å². The van der Waals surface area contributed by atoms with Gasteiger partial charge in [-0.15, -0.1) is 0 Å². The highest BCUT2D eigenvalue weighted by Crippen LogP contribution is 2.31. The summed E-state index contributed by atoms with van der Waals surface area (Å²) in [5.74, 6) is -0.0872. The van der Waals surface area contributed by atoms with Crippen molar-refractivity contribution < 1.29 is 9.13 Å². The van der Waals surface area contributed by atoms with Gasteiger partial charge in [-0.1, -0.05) is 23.2 Å². The predicted octanol–water partition coefficient (Wildman–Crippen LogP) is 4.76. The van der Waals surface area contributed by atoms with Crippen LogP contribution in [0.15, 0.2) is 30.3 Å². The Morgan fingerprint density at radius 3 is 2.40 bits per heavy atom. The zero-order chi connectivity index (χ0) is 14.7. The Morgan fingerprint density at radius 1 is 1.20 bits per heavy atom. The monoisotopic (exact) mass is 310 g/mol. The fourth-order valence-electron chi connectivity index (χ4n) is 1.63. The molecule has 2 aromatic rings. The van der Waals surface area contributed by atoms with Crippen molar-refractivity contribution in [3.8, 4) is 11.8 Å². The lowest BCUT2D eigenvalue weighted by molar-refractivity contribution is 0.415. The highest BCUT2D eigenvalue weighted by atomic mass is 35.5. The van der Waals surface area contributed by atoms with Crippen molar-refractivity contribution in [1.82, 2.24) is 0 Å². The Labute approximate surface area is 125 Å². The van der Waals surface area contributed by atoms with Gasteiger partial charge in [0.25, 0.3) is 0 Å². The summed E-state index contributed by atoms with van der Waals surface area (Å²) in [5.41, 5.74) is 1.42. The highest BCUT2D eigenvalue weighted by molar-refractivity contribution is 6.35. The molecule has 0 saturated carbocycles. The molecule has 2 rings (SSSR count). The summed E-state index contributed by atoms with van der Waals surface area (Å²) in [7, 11) is 1.52. The van der Waals surface area contributed by atoms with Crippen LogP contribution in [0.3, 0.4) is 0 Å². The van der Waals surface area contributed by atoms with Gasteiger partial charge in [-0.3, -0.25) is 0 Å². The number of nitrogens with one attached hydrogen (secondary N) is 1. The van der Waals surface area contributed by atoms with Crippen molar-refractivity contribution >= 4 is 34.6 Å². The molecule has 0 aliphatic carbocycles. The summed E-state index contributed by atoms with van der Waals surface area (Å²) in [6.07, 6.45) is 0. The smallest absolute Gasteiger partial charge is 0.160 e. The maximum atomic E-state index is 13.3. The summed E-state index contributed by atoms with van der Waals surface area (Å²) in [6, 6.07) is 9.78. The van der Waals surface area contributed by atoms with Crippen LogP contribution in [0.5, 0.6) is 5.75 Å². The van der Waals surface area contributed by atoms with Crippen molar-refractivity contribution in [2.75, 3.05) is 12.4 Å². The predicted molar refractivity (Wildman–Crippen MR) is 77.4 cm³/mol. The van der Waals surface area contributed by atoms with Crippen LogP contribution in [-0.2, 0) is 0 Å². The molecule has 0 spiro atoms. The van der Waals surface area contributed by atoms with Gasteiger partial charge in [0.2, 0.25) is 0 Å². The fourth-order valence-corrected chi connectivity index (χ4v) is 2.12. The molecule has 0 bridgehead atoms. The van der Waals surface area contributed by atoms with E-state index >= 15 is 0 Å². The normalized spacial score (nSPS) is 9.95. The Hall–Kier alpha value is -1.96. The van der Waals surface area contributed by atoms with Gasteiger partial charge in [0.1, 0.15) is 11.8 Å². The lowest BCUT2D eigenvalue weighted by Gasteiger charge is -2.11.